The number of benzene rings is 1. The number of para-hydroxylation sites is 2. The number of hydrogen-bond acceptors (Lipinski definition) is 4. The molecule has 2 aromatic rings. The van der Waals surface area contributed by atoms with Crippen LogP contribution in [0.3, 0.4) is 0 Å². The maximum Gasteiger partial charge on any atom is 0.0890 e. The molecule has 0 unspecified atom stereocenters. The molecule has 0 fully saturated rings. The van der Waals surface area contributed by atoms with Crippen molar-refractivity contribution in [2.24, 2.45) is 0 Å². The lowest BCUT2D eigenvalue weighted by atomic mass is 10.0. The second-order valence-corrected chi connectivity index (χ2v) is 5.06. The van der Waals surface area contributed by atoms with Gasteiger partial charge in [-0.3, -0.25) is 4.98 Å². The molecule has 2 rings (SSSR count). The first-order valence-electron chi connectivity index (χ1n) is 6.17. The molecule has 0 spiro atoms. The standard InChI is InChI=1S/C14H19N3O/c1-14(2,7-8-18)16-10-11-9-15-12-5-3-4-6-13(12)17-11/h3-6,9,16,18H,7-8,10H2,1-2H3. The summed E-state index contributed by atoms with van der Waals surface area (Å²) in [5, 5.41) is 12.4. The molecule has 4 nitrogen and oxygen atoms in total. The Morgan fingerprint density at radius 1 is 1.22 bits per heavy atom. The van der Waals surface area contributed by atoms with Gasteiger partial charge < -0.3 is 10.4 Å². The van der Waals surface area contributed by atoms with Crippen molar-refractivity contribution >= 4 is 11.0 Å². The third-order valence-corrected chi connectivity index (χ3v) is 2.98. The van der Waals surface area contributed by atoms with Gasteiger partial charge in [0.15, 0.2) is 0 Å². The van der Waals surface area contributed by atoms with Gasteiger partial charge in [-0.25, -0.2) is 4.98 Å². The number of aliphatic hydroxyl groups excluding tert-OH is 1. The third-order valence-electron chi connectivity index (χ3n) is 2.98. The highest BCUT2D eigenvalue weighted by atomic mass is 16.3. The summed E-state index contributed by atoms with van der Waals surface area (Å²) >= 11 is 0. The summed E-state index contributed by atoms with van der Waals surface area (Å²) in [5.41, 5.74) is 2.65. The van der Waals surface area contributed by atoms with Crippen LogP contribution in [0.1, 0.15) is 26.0 Å². The van der Waals surface area contributed by atoms with Gasteiger partial charge in [-0.15, -0.1) is 0 Å². The van der Waals surface area contributed by atoms with Gasteiger partial charge in [-0.1, -0.05) is 12.1 Å². The van der Waals surface area contributed by atoms with Crippen molar-refractivity contribution in [3.05, 3.63) is 36.2 Å². The lowest BCUT2D eigenvalue weighted by Crippen LogP contribution is -2.39. The van der Waals surface area contributed by atoms with Gasteiger partial charge in [0.05, 0.1) is 22.9 Å². The molecular formula is C14H19N3O. The molecule has 0 aliphatic rings. The van der Waals surface area contributed by atoms with E-state index in [0.717, 1.165) is 16.7 Å². The monoisotopic (exact) mass is 245 g/mol. The average Bonchev–Trinajstić information content (AvgIpc) is 2.36. The summed E-state index contributed by atoms with van der Waals surface area (Å²) < 4.78 is 0. The fraction of sp³-hybridized carbons (Fsp3) is 0.429. The zero-order valence-electron chi connectivity index (χ0n) is 10.8. The molecule has 2 N–H and O–H groups in total. The molecule has 4 heteroatoms. The predicted octanol–water partition coefficient (Wildman–Crippen LogP) is 1.88. The van der Waals surface area contributed by atoms with Crippen molar-refractivity contribution in [1.82, 2.24) is 15.3 Å². The van der Waals surface area contributed by atoms with Crippen LogP contribution in [-0.4, -0.2) is 27.2 Å². The Labute approximate surface area is 107 Å². The van der Waals surface area contributed by atoms with Crippen LogP contribution in [0.2, 0.25) is 0 Å². The zero-order chi connectivity index (χ0) is 13.0. The number of aliphatic hydroxyl groups is 1. The molecule has 96 valence electrons. The summed E-state index contributed by atoms with van der Waals surface area (Å²) in [6.45, 7) is 4.98. The highest BCUT2D eigenvalue weighted by Crippen LogP contribution is 2.11. The third kappa shape index (κ3) is 3.24. The van der Waals surface area contributed by atoms with Crippen LogP contribution in [0, 0.1) is 0 Å². The van der Waals surface area contributed by atoms with Gasteiger partial charge in [-0.05, 0) is 32.4 Å². The number of rotatable bonds is 5. The first-order chi connectivity index (χ1) is 8.61. The largest absolute Gasteiger partial charge is 0.396 e. The van der Waals surface area contributed by atoms with Gasteiger partial charge in [0.2, 0.25) is 0 Å². The van der Waals surface area contributed by atoms with Crippen molar-refractivity contribution in [2.45, 2.75) is 32.4 Å². The molecule has 0 amide bonds. The fourth-order valence-electron chi connectivity index (χ4n) is 1.78. The van der Waals surface area contributed by atoms with Crippen LogP contribution >= 0.6 is 0 Å². The molecule has 1 heterocycles. The van der Waals surface area contributed by atoms with E-state index in [1.165, 1.54) is 0 Å². The zero-order valence-corrected chi connectivity index (χ0v) is 10.8. The van der Waals surface area contributed by atoms with E-state index in [-0.39, 0.29) is 12.1 Å². The molecule has 0 radical (unpaired) electrons. The van der Waals surface area contributed by atoms with E-state index in [1.807, 2.05) is 24.3 Å². The van der Waals surface area contributed by atoms with Crippen LogP contribution < -0.4 is 5.32 Å². The number of nitrogens with zero attached hydrogens (tertiary/aromatic N) is 2. The highest BCUT2D eigenvalue weighted by molar-refractivity contribution is 5.73. The van der Waals surface area contributed by atoms with E-state index in [4.69, 9.17) is 5.11 Å². The minimum Gasteiger partial charge on any atom is -0.396 e. The molecule has 0 saturated carbocycles. The van der Waals surface area contributed by atoms with Crippen LogP contribution in [0.5, 0.6) is 0 Å². The van der Waals surface area contributed by atoms with E-state index in [0.29, 0.717) is 13.0 Å². The average molecular weight is 245 g/mol. The molecule has 1 aromatic heterocycles. The Hall–Kier alpha value is -1.52. The van der Waals surface area contributed by atoms with Crippen LogP contribution in [0.25, 0.3) is 11.0 Å². The molecular weight excluding hydrogens is 226 g/mol. The lowest BCUT2D eigenvalue weighted by Gasteiger charge is -2.25. The van der Waals surface area contributed by atoms with E-state index in [2.05, 4.69) is 29.1 Å². The van der Waals surface area contributed by atoms with Crippen LogP contribution in [-0.2, 0) is 6.54 Å². The summed E-state index contributed by atoms with van der Waals surface area (Å²) in [5.74, 6) is 0. The van der Waals surface area contributed by atoms with Gasteiger partial charge in [0.25, 0.3) is 0 Å². The predicted molar refractivity (Wildman–Crippen MR) is 72.2 cm³/mol. The molecule has 18 heavy (non-hydrogen) atoms. The molecule has 0 bridgehead atoms. The van der Waals surface area contributed by atoms with Gasteiger partial charge in [0.1, 0.15) is 0 Å². The van der Waals surface area contributed by atoms with Crippen LogP contribution in [0.4, 0.5) is 0 Å². The molecule has 0 saturated heterocycles. The summed E-state index contributed by atoms with van der Waals surface area (Å²) in [4.78, 5) is 8.93. The van der Waals surface area contributed by atoms with E-state index >= 15 is 0 Å². The number of nitrogens with one attached hydrogen (secondary N) is 1. The molecule has 0 aliphatic carbocycles. The first kappa shape index (κ1) is 12.9. The van der Waals surface area contributed by atoms with Gasteiger partial charge >= 0.3 is 0 Å². The first-order valence-corrected chi connectivity index (χ1v) is 6.17. The SMILES string of the molecule is CC(C)(CCO)NCc1cnc2ccccc2n1. The minimum absolute atomic E-state index is 0.0952. The Kier molecular flexibility index (Phi) is 3.89. The summed E-state index contributed by atoms with van der Waals surface area (Å²) in [6, 6.07) is 7.84. The minimum atomic E-state index is -0.0952. The van der Waals surface area contributed by atoms with Gasteiger partial charge in [0, 0.05) is 18.7 Å². The molecule has 0 atom stereocenters. The Balaban J connectivity index is 2.08. The second kappa shape index (κ2) is 5.42. The van der Waals surface area contributed by atoms with Crippen molar-refractivity contribution < 1.29 is 5.11 Å². The smallest absolute Gasteiger partial charge is 0.0890 e. The Bertz CT molecular complexity index is 525. The molecule has 1 aromatic carbocycles. The van der Waals surface area contributed by atoms with Crippen molar-refractivity contribution in [2.75, 3.05) is 6.61 Å². The summed E-state index contributed by atoms with van der Waals surface area (Å²) in [7, 11) is 0. The number of aromatic nitrogens is 2. The summed E-state index contributed by atoms with van der Waals surface area (Å²) in [6.07, 6.45) is 2.51. The Morgan fingerprint density at radius 3 is 2.67 bits per heavy atom. The number of fused-ring (bicyclic) bond motifs is 1. The maximum atomic E-state index is 8.97. The van der Waals surface area contributed by atoms with Crippen molar-refractivity contribution in [3.63, 3.8) is 0 Å². The van der Waals surface area contributed by atoms with E-state index in [1.54, 1.807) is 6.20 Å². The van der Waals surface area contributed by atoms with Crippen molar-refractivity contribution in [1.29, 1.82) is 0 Å². The normalized spacial score (nSPS) is 11.9. The van der Waals surface area contributed by atoms with Gasteiger partial charge in [-0.2, -0.15) is 0 Å². The maximum absolute atomic E-state index is 8.97. The van der Waals surface area contributed by atoms with Crippen molar-refractivity contribution in [3.8, 4) is 0 Å². The fourth-order valence-corrected chi connectivity index (χ4v) is 1.78. The molecule has 0 aliphatic heterocycles. The number of hydrogen-bond donors (Lipinski definition) is 2. The highest BCUT2D eigenvalue weighted by Gasteiger charge is 2.16. The topological polar surface area (TPSA) is 58.0 Å². The second-order valence-electron chi connectivity index (χ2n) is 5.06. The lowest BCUT2D eigenvalue weighted by molar-refractivity contribution is 0.229. The quantitative estimate of drug-likeness (QED) is 0.844. The van der Waals surface area contributed by atoms with E-state index in [9.17, 15) is 0 Å². The van der Waals surface area contributed by atoms with Crippen LogP contribution in [0.15, 0.2) is 30.5 Å². The Morgan fingerprint density at radius 2 is 1.94 bits per heavy atom. The van der Waals surface area contributed by atoms with E-state index < -0.39 is 0 Å².